The maximum atomic E-state index is 12.0. The minimum Gasteiger partial charge on any atom is -0.506 e. The second-order valence-electron chi connectivity index (χ2n) is 4.30. The molecule has 2 N–H and O–H groups in total. The van der Waals surface area contributed by atoms with Gasteiger partial charge in [-0.15, -0.1) is 0 Å². The van der Waals surface area contributed by atoms with Crippen LogP contribution in [-0.4, -0.2) is 20.3 Å². The highest BCUT2D eigenvalue weighted by Gasteiger charge is 2.13. The molecule has 0 aliphatic rings. The molecule has 0 saturated carbocycles. The molecule has 0 saturated heterocycles. The van der Waals surface area contributed by atoms with Gasteiger partial charge in [0.2, 0.25) is 5.12 Å². The average Bonchev–Trinajstić information content (AvgIpc) is 2.49. The molecule has 0 amide bonds. The van der Waals surface area contributed by atoms with Gasteiger partial charge in [-0.05, 0) is 12.5 Å². The van der Waals surface area contributed by atoms with E-state index < -0.39 is 0 Å². The summed E-state index contributed by atoms with van der Waals surface area (Å²) in [5.41, 5.74) is 2.21. The third kappa shape index (κ3) is 3.18. The first-order valence-corrected chi connectivity index (χ1v) is 7.11. The second kappa shape index (κ2) is 6.54. The lowest BCUT2D eigenvalue weighted by atomic mass is 10.1. The number of nitrogens with zero attached hydrogens (tertiary/aromatic N) is 1. The summed E-state index contributed by atoms with van der Waals surface area (Å²) in [5, 5.41) is 19.1. The third-order valence-electron chi connectivity index (χ3n) is 2.96. The molecule has 20 heavy (non-hydrogen) atoms. The number of carbonyl (C=O) groups excluding carboxylic acids is 1. The van der Waals surface area contributed by atoms with E-state index in [1.54, 1.807) is 25.3 Å². The lowest BCUT2D eigenvalue weighted by molar-refractivity contribution is 0.108. The Kier molecular flexibility index (Phi) is 4.76. The minimum absolute atomic E-state index is 0.00207. The molecule has 104 valence electrons. The molecule has 0 aliphatic carbocycles. The predicted molar refractivity (Wildman–Crippen MR) is 78.6 cm³/mol. The first-order valence-electron chi connectivity index (χ1n) is 6.13. The van der Waals surface area contributed by atoms with Crippen molar-refractivity contribution >= 4 is 16.9 Å². The van der Waals surface area contributed by atoms with Crippen LogP contribution < -0.4 is 0 Å². The lowest BCUT2D eigenvalue weighted by Gasteiger charge is -2.10. The first kappa shape index (κ1) is 14.6. The van der Waals surface area contributed by atoms with Gasteiger partial charge in [-0.2, -0.15) is 0 Å². The van der Waals surface area contributed by atoms with Crippen LogP contribution in [0.15, 0.2) is 36.5 Å². The van der Waals surface area contributed by atoms with E-state index in [0.29, 0.717) is 28.1 Å². The fourth-order valence-electron chi connectivity index (χ4n) is 1.79. The highest BCUT2D eigenvalue weighted by molar-refractivity contribution is 8.13. The van der Waals surface area contributed by atoms with Gasteiger partial charge < -0.3 is 10.2 Å². The van der Waals surface area contributed by atoms with Crippen molar-refractivity contribution in [1.29, 1.82) is 0 Å². The number of aryl methyl sites for hydroxylation is 1. The fraction of sp³-hybridized carbons (Fsp3) is 0.200. The summed E-state index contributed by atoms with van der Waals surface area (Å²) >= 11 is 1.13. The van der Waals surface area contributed by atoms with Gasteiger partial charge in [0, 0.05) is 23.1 Å². The molecule has 2 rings (SSSR count). The number of aromatic nitrogens is 1. The Balaban J connectivity index is 2.12. The van der Waals surface area contributed by atoms with E-state index in [1.807, 2.05) is 18.2 Å². The van der Waals surface area contributed by atoms with Crippen LogP contribution in [-0.2, 0) is 12.4 Å². The van der Waals surface area contributed by atoms with Crippen molar-refractivity contribution in [3.8, 4) is 5.75 Å². The number of hydrogen-bond acceptors (Lipinski definition) is 5. The molecule has 0 fully saturated rings. The minimum atomic E-state index is -0.273. The van der Waals surface area contributed by atoms with Crippen molar-refractivity contribution in [2.45, 2.75) is 19.3 Å². The van der Waals surface area contributed by atoms with Gasteiger partial charge in [-0.3, -0.25) is 9.78 Å². The van der Waals surface area contributed by atoms with Gasteiger partial charge in [-0.1, -0.05) is 42.1 Å². The molecular formula is C15H15NO3S. The standard InChI is InChI=1S/C15H15NO3S/c1-10-14(18)13(8-17)12(7-16-10)9-20-15(19)11-5-3-2-4-6-11/h2-7,17-18H,8-9H2,1H3. The van der Waals surface area contributed by atoms with Crippen LogP contribution >= 0.6 is 11.8 Å². The van der Waals surface area contributed by atoms with Crippen LogP contribution in [0.1, 0.15) is 27.2 Å². The fourth-order valence-corrected chi connectivity index (χ4v) is 2.62. The topological polar surface area (TPSA) is 70.4 Å². The van der Waals surface area contributed by atoms with Gasteiger partial charge in [0.05, 0.1) is 12.3 Å². The van der Waals surface area contributed by atoms with E-state index in [-0.39, 0.29) is 17.5 Å². The zero-order valence-corrected chi connectivity index (χ0v) is 11.9. The number of hydrogen-bond donors (Lipinski definition) is 2. The molecule has 1 aromatic heterocycles. The highest BCUT2D eigenvalue weighted by atomic mass is 32.2. The van der Waals surface area contributed by atoms with Gasteiger partial charge in [0.25, 0.3) is 0 Å². The highest BCUT2D eigenvalue weighted by Crippen LogP contribution is 2.27. The van der Waals surface area contributed by atoms with Crippen molar-refractivity contribution < 1.29 is 15.0 Å². The van der Waals surface area contributed by atoms with Crippen LogP contribution in [0, 0.1) is 6.92 Å². The van der Waals surface area contributed by atoms with Crippen molar-refractivity contribution in [2.75, 3.05) is 0 Å². The normalized spacial score (nSPS) is 10.5. The summed E-state index contributed by atoms with van der Waals surface area (Å²) in [6.07, 6.45) is 1.59. The smallest absolute Gasteiger partial charge is 0.219 e. The van der Waals surface area contributed by atoms with Crippen LogP contribution in [0.3, 0.4) is 0 Å². The maximum absolute atomic E-state index is 12.0. The molecule has 0 bridgehead atoms. The first-order chi connectivity index (χ1) is 9.63. The Morgan fingerprint density at radius 3 is 2.65 bits per heavy atom. The van der Waals surface area contributed by atoms with E-state index in [9.17, 15) is 15.0 Å². The molecule has 4 nitrogen and oxygen atoms in total. The Bertz CT molecular complexity index is 614. The van der Waals surface area contributed by atoms with Gasteiger partial charge in [-0.25, -0.2) is 0 Å². The average molecular weight is 289 g/mol. The summed E-state index contributed by atoms with van der Waals surface area (Å²) < 4.78 is 0. The second-order valence-corrected chi connectivity index (χ2v) is 5.24. The van der Waals surface area contributed by atoms with Gasteiger partial charge >= 0.3 is 0 Å². The molecule has 2 aromatic rings. The van der Waals surface area contributed by atoms with Crippen LogP contribution in [0.25, 0.3) is 0 Å². The summed E-state index contributed by atoms with van der Waals surface area (Å²) in [7, 11) is 0. The lowest BCUT2D eigenvalue weighted by Crippen LogP contribution is -2.00. The monoisotopic (exact) mass is 289 g/mol. The maximum Gasteiger partial charge on any atom is 0.219 e. The molecular weight excluding hydrogens is 274 g/mol. The molecule has 0 radical (unpaired) electrons. The number of carbonyl (C=O) groups is 1. The van der Waals surface area contributed by atoms with Crippen molar-refractivity contribution in [1.82, 2.24) is 4.98 Å². The summed E-state index contributed by atoms with van der Waals surface area (Å²) in [6, 6.07) is 8.99. The number of pyridine rings is 1. The molecule has 5 heteroatoms. The number of thioether (sulfide) groups is 1. The molecule has 1 aromatic carbocycles. The van der Waals surface area contributed by atoms with Crippen molar-refractivity contribution in [3.63, 3.8) is 0 Å². The van der Waals surface area contributed by atoms with E-state index in [4.69, 9.17) is 0 Å². The van der Waals surface area contributed by atoms with Crippen LogP contribution in [0.4, 0.5) is 0 Å². The number of benzene rings is 1. The number of aliphatic hydroxyl groups is 1. The largest absolute Gasteiger partial charge is 0.506 e. The number of rotatable bonds is 4. The Morgan fingerprint density at radius 2 is 2.00 bits per heavy atom. The Morgan fingerprint density at radius 1 is 1.30 bits per heavy atom. The van der Waals surface area contributed by atoms with Gasteiger partial charge in [0.15, 0.2) is 0 Å². The predicted octanol–water partition coefficient (Wildman–Crippen LogP) is 2.66. The third-order valence-corrected chi connectivity index (χ3v) is 3.91. The van der Waals surface area contributed by atoms with E-state index in [2.05, 4.69) is 4.98 Å². The number of aromatic hydroxyl groups is 1. The van der Waals surface area contributed by atoms with Crippen molar-refractivity contribution in [2.24, 2.45) is 0 Å². The summed E-state index contributed by atoms with van der Waals surface area (Å²) in [5.74, 6) is 0.363. The van der Waals surface area contributed by atoms with E-state index in [1.165, 1.54) is 0 Å². The zero-order valence-electron chi connectivity index (χ0n) is 11.0. The van der Waals surface area contributed by atoms with Crippen LogP contribution in [0.2, 0.25) is 0 Å². The zero-order chi connectivity index (χ0) is 14.5. The molecule has 1 heterocycles. The molecule has 0 unspecified atom stereocenters. The van der Waals surface area contributed by atoms with Gasteiger partial charge in [0.1, 0.15) is 5.75 Å². The van der Waals surface area contributed by atoms with Crippen LogP contribution in [0.5, 0.6) is 5.75 Å². The quantitative estimate of drug-likeness (QED) is 0.905. The summed E-state index contributed by atoms with van der Waals surface area (Å²) in [6.45, 7) is 1.39. The molecule has 0 atom stereocenters. The molecule has 0 aliphatic heterocycles. The molecule has 0 spiro atoms. The van der Waals surface area contributed by atoms with E-state index >= 15 is 0 Å². The van der Waals surface area contributed by atoms with Crippen molar-refractivity contribution in [3.05, 3.63) is 58.9 Å². The van der Waals surface area contributed by atoms with E-state index in [0.717, 1.165) is 11.8 Å². The summed E-state index contributed by atoms with van der Waals surface area (Å²) in [4.78, 5) is 16.0. The Hall–Kier alpha value is -1.85. The Labute approximate surface area is 121 Å². The SMILES string of the molecule is Cc1ncc(CSC(=O)c2ccccc2)c(CO)c1O. The number of aliphatic hydroxyl groups excluding tert-OH is 1.